The number of hydrogen-bond donors (Lipinski definition) is 3. The van der Waals surface area contributed by atoms with Gasteiger partial charge < -0.3 is 16.4 Å². The Morgan fingerprint density at radius 3 is 2.81 bits per heavy atom. The Kier molecular flexibility index (Phi) is 4.49. The van der Waals surface area contributed by atoms with Gasteiger partial charge in [0.2, 0.25) is 5.91 Å². The summed E-state index contributed by atoms with van der Waals surface area (Å²) in [4.78, 5) is 40.0. The van der Waals surface area contributed by atoms with Gasteiger partial charge in [-0.2, -0.15) is 0 Å². The molecule has 2 heterocycles. The van der Waals surface area contributed by atoms with Crippen LogP contribution in [0.5, 0.6) is 0 Å². The zero-order valence-electron chi connectivity index (χ0n) is 11.7. The predicted molar refractivity (Wildman–Crippen MR) is 74.3 cm³/mol. The zero-order chi connectivity index (χ0) is 15.4. The summed E-state index contributed by atoms with van der Waals surface area (Å²) in [6, 6.07) is 2.92. The van der Waals surface area contributed by atoms with Gasteiger partial charge in [-0.05, 0) is 19.1 Å². The molecule has 0 radical (unpaired) electrons. The first kappa shape index (κ1) is 14.9. The molecule has 0 aliphatic carbocycles. The van der Waals surface area contributed by atoms with Gasteiger partial charge in [0.1, 0.15) is 0 Å². The Balaban J connectivity index is 1.90. The number of urea groups is 1. The van der Waals surface area contributed by atoms with Crippen LogP contribution in [-0.4, -0.2) is 47.4 Å². The zero-order valence-corrected chi connectivity index (χ0v) is 11.7. The van der Waals surface area contributed by atoms with Gasteiger partial charge in [-0.25, -0.2) is 4.79 Å². The molecule has 8 heteroatoms. The molecule has 0 unspecified atom stereocenters. The van der Waals surface area contributed by atoms with Gasteiger partial charge in [0.05, 0.1) is 23.5 Å². The molecule has 1 aromatic heterocycles. The Bertz CT molecular complexity index is 571. The second kappa shape index (κ2) is 6.31. The quantitative estimate of drug-likeness (QED) is 0.610. The molecule has 1 aliphatic heterocycles. The molecule has 4 amide bonds. The summed E-state index contributed by atoms with van der Waals surface area (Å²) in [6.07, 6.45) is 0. The van der Waals surface area contributed by atoms with Gasteiger partial charge in [-0.3, -0.25) is 19.5 Å². The van der Waals surface area contributed by atoms with Crippen molar-refractivity contribution in [2.45, 2.75) is 13.5 Å². The molecular weight excluding hydrogens is 274 g/mol. The van der Waals surface area contributed by atoms with Gasteiger partial charge in [0.25, 0.3) is 5.91 Å². The van der Waals surface area contributed by atoms with E-state index in [-0.39, 0.29) is 31.4 Å². The summed E-state index contributed by atoms with van der Waals surface area (Å²) in [6.45, 7) is 2.39. The lowest BCUT2D eigenvalue weighted by atomic mass is 10.1. The molecule has 2 rings (SSSR count). The molecule has 0 atom stereocenters. The second-order valence-corrected chi connectivity index (χ2v) is 4.60. The van der Waals surface area contributed by atoms with E-state index >= 15 is 0 Å². The number of rotatable bonds is 5. The van der Waals surface area contributed by atoms with E-state index in [4.69, 9.17) is 5.73 Å². The molecule has 8 nitrogen and oxygen atoms in total. The fourth-order valence-corrected chi connectivity index (χ4v) is 2.02. The normalized spacial score (nSPS) is 14.3. The van der Waals surface area contributed by atoms with E-state index in [1.165, 1.54) is 0 Å². The molecule has 0 saturated carbocycles. The molecular formula is C13H17N5O3. The van der Waals surface area contributed by atoms with E-state index in [1.807, 2.05) is 0 Å². The first-order valence-corrected chi connectivity index (χ1v) is 6.56. The number of nitrogens with two attached hydrogens (primary N) is 1. The number of nitrogens with zero attached hydrogens (tertiary/aromatic N) is 2. The second-order valence-electron chi connectivity index (χ2n) is 4.60. The molecule has 1 aliphatic rings. The Morgan fingerprint density at radius 1 is 1.48 bits per heavy atom. The molecule has 112 valence electrons. The summed E-state index contributed by atoms with van der Waals surface area (Å²) in [7, 11) is 0. The van der Waals surface area contributed by atoms with E-state index in [9.17, 15) is 14.4 Å². The van der Waals surface area contributed by atoms with E-state index in [0.717, 1.165) is 4.90 Å². The number of imide groups is 1. The van der Waals surface area contributed by atoms with Crippen LogP contribution >= 0.6 is 0 Å². The highest BCUT2D eigenvalue weighted by atomic mass is 16.2. The number of pyridine rings is 1. The lowest BCUT2D eigenvalue weighted by Crippen LogP contribution is -2.38. The van der Waals surface area contributed by atoms with Gasteiger partial charge in [0.15, 0.2) is 0 Å². The minimum Gasteiger partial charge on any atom is -0.350 e. The Morgan fingerprint density at radius 2 is 2.24 bits per heavy atom. The van der Waals surface area contributed by atoms with Crippen LogP contribution in [0.1, 0.15) is 21.7 Å². The summed E-state index contributed by atoms with van der Waals surface area (Å²) in [5.41, 5.74) is 7.23. The number of amides is 4. The average Bonchev–Trinajstić information content (AvgIpc) is 2.78. The van der Waals surface area contributed by atoms with Crippen LogP contribution < -0.4 is 16.4 Å². The maximum atomic E-state index is 12.0. The Labute approximate surface area is 121 Å². The van der Waals surface area contributed by atoms with Crippen molar-refractivity contribution in [1.29, 1.82) is 0 Å². The van der Waals surface area contributed by atoms with E-state index < -0.39 is 6.03 Å². The van der Waals surface area contributed by atoms with Crippen molar-refractivity contribution in [2.24, 2.45) is 5.73 Å². The highest BCUT2D eigenvalue weighted by Crippen LogP contribution is 2.06. The molecule has 21 heavy (non-hydrogen) atoms. The van der Waals surface area contributed by atoms with Gasteiger partial charge in [0, 0.05) is 19.6 Å². The number of nitrogens with one attached hydrogen (secondary N) is 2. The SMILES string of the molecule is Cc1nc(CN)ccc1C(=O)NCCN1C(=O)CNC1=O. The largest absolute Gasteiger partial charge is 0.350 e. The lowest BCUT2D eigenvalue weighted by Gasteiger charge is -2.13. The number of aromatic nitrogens is 1. The topological polar surface area (TPSA) is 117 Å². The Hall–Kier alpha value is -2.48. The van der Waals surface area contributed by atoms with Crippen molar-refractivity contribution >= 4 is 17.8 Å². The highest BCUT2D eigenvalue weighted by molar-refractivity contribution is 6.02. The van der Waals surface area contributed by atoms with E-state index in [0.29, 0.717) is 23.5 Å². The minimum atomic E-state index is -0.431. The molecule has 1 fully saturated rings. The van der Waals surface area contributed by atoms with Crippen molar-refractivity contribution < 1.29 is 14.4 Å². The summed E-state index contributed by atoms with van der Waals surface area (Å²) in [5.74, 6) is -0.588. The molecule has 0 aromatic carbocycles. The molecule has 0 spiro atoms. The van der Waals surface area contributed by atoms with Crippen LogP contribution in [0, 0.1) is 6.92 Å². The van der Waals surface area contributed by atoms with Crippen molar-refractivity contribution in [1.82, 2.24) is 20.5 Å². The maximum Gasteiger partial charge on any atom is 0.324 e. The number of carbonyl (C=O) groups excluding carboxylic acids is 3. The minimum absolute atomic E-state index is 0.0103. The molecule has 1 aromatic rings. The average molecular weight is 291 g/mol. The van der Waals surface area contributed by atoms with Crippen LogP contribution in [-0.2, 0) is 11.3 Å². The van der Waals surface area contributed by atoms with Crippen molar-refractivity contribution in [2.75, 3.05) is 19.6 Å². The van der Waals surface area contributed by atoms with E-state index in [1.54, 1.807) is 19.1 Å². The van der Waals surface area contributed by atoms with Crippen LogP contribution in [0.25, 0.3) is 0 Å². The number of carbonyl (C=O) groups is 3. The van der Waals surface area contributed by atoms with Crippen molar-refractivity contribution in [3.05, 3.63) is 29.1 Å². The summed E-state index contributed by atoms with van der Waals surface area (Å²) in [5, 5.41) is 5.08. The predicted octanol–water partition coefficient (Wildman–Crippen LogP) is -0.870. The third kappa shape index (κ3) is 3.34. The maximum absolute atomic E-state index is 12.0. The third-order valence-corrected chi connectivity index (χ3v) is 3.16. The first-order chi connectivity index (χ1) is 10.0. The summed E-state index contributed by atoms with van der Waals surface area (Å²) >= 11 is 0. The first-order valence-electron chi connectivity index (χ1n) is 6.56. The summed E-state index contributed by atoms with van der Waals surface area (Å²) < 4.78 is 0. The lowest BCUT2D eigenvalue weighted by molar-refractivity contribution is -0.124. The van der Waals surface area contributed by atoms with Gasteiger partial charge >= 0.3 is 6.03 Å². The van der Waals surface area contributed by atoms with Crippen LogP contribution in [0.15, 0.2) is 12.1 Å². The molecule has 4 N–H and O–H groups in total. The highest BCUT2D eigenvalue weighted by Gasteiger charge is 2.27. The third-order valence-electron chi connectivity index (χ3n) is 3.16. The monoisotopic (exact) mass is 291 g/mol. The van der Waals surface area contributed by atoms with Crippen LogP contribution in [0.2, 0.25) is 0 Å². The standard InChI is InChI=1S/C13H17N5O3/c1-8-10(3-2-9(6-14)17-8)12(20)15-4-5-18-11(19)7-16-13(18)21/h2-3H,4-7,14H2,1H3,(H,15,20)(H,16,21). The molecule has 1 saturated heterocycles. The number of hydrogen-bond acceptors (Lipinski definition) is 5. The fraction of sp³-hybridized carbons (Fsp3) is 0.385. The van der Waals surface area contributed by atoms with Crippen molar-refractivity contribution in [3.8, 4) is 0 Å². The van der Waals surface area contributed by atoms with Gasteiger partial charge in [-0.1, -0.05) is 0 Å². The number of aryl methyl sites for hydroxylation is 1. The molecule has 0 bridgehead atoms. The smallest absolute Gasteiger partial charge is 0.324 e. The van der Waals surface area contributed by atoms with Gasteiger partial charge in [-0.15, -0.1) is 0 Å². The van der Waals surface area contributed by atoms with Crippen LogP contribution in [0.4, 0.5) is 4.79 Å². The van der Waals surface area contributed by atoms with Crippen LogP contribution in [0.3, 0.4) is 0 Å². The van der Waals surface area contributed by atoms with Crippen molar-refractivity contribution in [3.63, 3.8) is 0 Å². The fourth-order valence-electron chi connectivity index (χ4n) is 2.02. The van der Waals surface area contributed by atoms with E-state index in [2.05, 4.69) is 15.6 Å².